The van der Waals surface area contributed by atoms with E-state index in [-0.39, 0.29) is 0 Å². The van der Waals surface area contributed by atoms with Gasteiger partial charge in [0, 0.05) is 5.30 Å². The van der Waals surface area contributed by atoms with E-state index in [9.17, 15) is 0 Å². The van der Waals surface area contributed by atoms with Crippen LogP contribution in [0.15, 0.2) is 36.4 Å². The molecule has 0 heterocycles. The molecule has 2 rings (SSSR count). The molecular formula is C11H11O3P. The molecule has 0 spiro atoms. The quantitative estimate of drug-likeness (QED) is 0.761. The molecule has 0 saturated heterocycles. The molecule has 0 aliphatic heterocycles. The summed E-state index contributed by atoms with van der Waals surface area (Å²) in [6, 6.07) is 11.0. The average molecular weight is 222 g/mol. The van der Waals surface area contributed by atoms with Crippen LogP contribution in [0.4, 0.5) is 0 Å². The summed E-state index contributed by atoms with van der Waals surface area (Å²) in [4.78, 5) is 18.2. The molecule has 0 fully saturated rings. The normalized spacial score (nSPS) is 10.9. The molecule has 0 saturated carbocycles. The summed E-state index contributed by atoms with van der Waals surface area (Å²) in [5.41, 5.74) is 0. The Morgan fingerprint density at radius 1 is 1.00 bits per heavy atom. The monoisotopic (exact) mass is 222 g/mol. The van der Waals surface area contributed by atoms with Gasteiger partial charge < -0.3 is 14.5 Å². The zero-order valence-electron chi connectivity index (χ0n) is 8.21. The maximum atomic E-state index is 9.08. The zero-order chi connectivity index (χ0) is 10.8. The number of methoxy groups -OCH3 is 1. The number of ether oxygens (including phenoxy) is 1. The van der Waals surface area contributed by atoms with Crippen molar-refractivity contribution < 1.29 is 14.5 Å². The molecule has 0 bridgehead atoms. The average Bonchev–Trinajstić information content (AvgIpc) is 2.27. The van der Waals surface area contributed by atoms with Crippen molar-refractivity contribution in [3.63, 3.8) is 0 Å². The lowest BCUT2D eigenvalue weighted by Crippen LogP contribution is -1.98. The number of rotatable bonds is 2. The van der Waals surface area contributed by atoms with Crippen molar-refractivity contribution in [1.82, 2.24) is 0 Å². The molecule has 2 aromatic carbocycles. The largest absolute Gasteiger partial charge is 0.497 e. The molecule has 2 N–H and O–H groups in total. The van der Waals surface area contributed by atoms with Gasteiger partial charge in [0.15, 0.2) is 8.38 Å². The summed E-state index contributed by atoms with van der Waals surface area (Å²) < 4.78 is 5.11. The van der Waals surface area contributed by atoms with Crippen molar-refractivity contribution in [3.8, 4) is 5.75 Å². The van der Waals surface area contributed by atoms with Crippen molar-refractivity contribution in [2.45, 2.75) is 0 Å². The van der Waals surface area contributed by atoms with Gasteiger partial charge in [0.25, 0.3) is 0 Å². The molecule has 0 atom stereocenters. The number of benzene rings is 2. The fraction of sp³-hybridized carbons (Fsp3) is 0.0909. The van der Waals surface area contributed by atoms with E-state index < -0.39 is 8.38 Å². The molecule has 0 aromatic heterocycles. The van der Waals surface area contributed by atoms with E-state index in [4.69, 9.17) is 14.5 Å². The topological polar surface area (TPSA) is 49.7 Å². The first-order chi connectivity index (χ1) is 7.20. The predicted octanol–water partition coefficient (Wildman–Crippen LogP) is 1.77. The van der Waals surface area contributed by atoms with Gasteiger partial charge in [0.05, 0.1) is 7.11 Å². The molecule has 15 heavy (non-hydrogen) atoms. The van der Waals surface area contributed by atoms with Crippen molar-refractivity contribution in [2.75, 3.05) is 7.11 Å². The first-order valence-corrected chi connectivity index (χ1v) is 5.71. The summed E-state index contributed by atoms with van der Waals surface area (Å²) in [7, 11) is -0.390. The Morgan fingerprint density at radius 2 is 1.67 bits per heavy atom. The van der Waals surface area contributed by atoms with Crippen LogP contribution in [0.2, 0.25) is 0 Å². The van der Waals surface area contributed by atoms with Gasteiger partial charge in [0.1, 0.15) is 5.75 Å². The van der Waals surface area contributed by atoms with Gasteiger partial charge in [-0.3, -0.25) is 0 Å². The van der Waals surface area contributed by atoms with Crippen molar-refractivity contribution in [1.29, 1.82) is 0 Å². The minimum Gasteiger partial charge on any atom is -0.497 e. The summed E-state index contributed by atoms with van der Waals surface area (Å²) in [5, 5.41) is 2.56. The third-order valence-electron chi connectivity index (χ3n) is 2.26. The second-order valence-electron chi connectivity index (χ2n) is 3.19. The third kappa shape index (κ3) is 2.10. The highest BCUT2D eigenvalue weighted by atomic mass is 31.2. The van der Waals surface area contributed by atoms with E-state index >= 15 is 0 Å². The molecule has 78 valence electrons. The summed E-state index contributed by atoms with van der Waals surface area (Å²) in [6.07, 6.45) is 0. The van der Waals surface area contributed by atoms with Crippen LogP contribution >= 0.6 is 8.38 Å². The van der Waals surface area contributed by atoms with Crippen LogP contribution in [0.5, 0.6) is 5.75 Å². The SMILES string of the molecule is COc1ccc2cc(P(O)O)ccc2c1. The fourth-order valence-electron chi connectivity index (χ4n) is 1.46. The van der Waals surface area contributed by atoms with E-state index in [1.165, 1.54) is 0 Å². The number of fused-ring (bicyclic) bond motifs is 1. The molecular weight excluding hydrogens is 211 g/mol. The van der Waals surface area contributed by atoms with Crippen LogP contribution in [-0.4, -0.2) is 16.9 Å². The van der Waals surface area contributed by atoms with Gasteiger partial charge in [-0.15, -0.1) is 0 Å². The van der Waals surface area contributed by atoms with E-state index in [2.05, 4.69) is 0 Å². The van der Waals surface area contributed by atoms with Gasteiger partial charge in [-0.05, 0) is 35.0 Å². The first-order valence-electron chi connectivity index (χ1n) is 4.46. The van der Waals surface area contributed by atoms with E-state index in [1.807, 2.05) is 24.3 Å². The predicted molar refractivity (Wildman–Crippen MR) is 61.5 cm³/mol. The lowest BCUT2D eigenvalue weighted by atomic mass is 10.1. The Hall–Kier alpha value is -1.15. The highest BCUT2D eigenvalue weighted by molar-refractivity contribution is 7.54. The standard InChI is InChI=1S/C11H11O3P/c1-14-10-4-2-9-7-11(15(12)13)5-3-8(9)6-10/h2-7,12-13H,1H3. The van der Waals surface area contributed by atoms with Gasteiger partial charge in [-0.1, -0.05) is 12.1 Å². The Bertz CT molecular complexity index is 482. The molecule has 0 aliphatic rings. The minimum absolute atomic E-state index is 0.558. The number of hydrogen-bond acceptors (Lipinski definition) is 3. The Kier molecular flexibility index (Phi) is 2.87. The number of hydrogen-bond donors (Lipinski definition) is 2. The molecule has 0 aliphatic carbocycles. The van der Waals surface area contributed by atoms with Crippen LogP contribution in [0.1, 0.15) is 0 Å². The molecule has 4 heteroatoms. The maximum absolute atomic E-state index is 9.08. The van der Waals surface area contributed by atoms with E-state index in [0.717, 1.165) is 16.5 Å². The molecule has 0 unspecified atom stereocenters. The summed E-state index contributed by atoms with van der Waals surface area (Å²) >= 11 is 0. The Balaban J connectivity index is 2.55. The third-order valence-corrected chi connectivity index (χ3v) is 3.00. The van der Waals surface area contributed by atoms with Crippen LogP contribution in [0.3, 0.4) is 0 Å². The molecule has 2 aromatic rings. The van der Waals surface area contributed by atoms with Gasteiger partial charge in [-0.25, -0.2) is 0 Å². The minimum atomic E-state index is -2.01. The molecule has 0 radical (unpaired) electrons. The zero-order valence-corrected chi connectivity index (χ0v) is 9.11. The highest BCUT2D eigenvalue weighted by Gasteiger charge is 2.04. The second-order valence-corrected chi connectivity index (χ2v) is 4.28. The van der Waals surface area contributed by atoms with Crippen molar-refractivity contribution in [2.24, 2.45) is 0 Å². The van der Waals surface area contributed by atoms with E-state index in [1.54, 1.807) is 19.2 Å². The van der Waals surface area contributed by atoms with Gasteiger partial charge in [-0.2, -0.15) is 0 Å². The van der Waals surface area contributed by atoms with Crippen molar-refractivity contribution >= 4 is 24.5 Å². The lowest BCUT2D eigenvalue weighted by molar-refractivity contribution is 0.415. The Labute approximate surface area is 88.9 Å². The lowest BCUT2D eigenvalue weighted by Gasteiger charge is -2.05. The molecule has 3 nitrogen and oxygen atoms in total. The van der Waals surface area contributed by atoms with Crippen LogP contribution < -0.4 is 10.0 Å². The van der Waals surface area contributed by atoms with E-state index in [0.29, 0.717) is 5.30 Å². The fourth-order valence-corrected chi connectivity index (χ4v) is 1.93. The second kappa shape index (κ2) is 4.15. The van der Waals surface area contributed by atoms with Crippen LogP contribution in [-0.2, 0) is 0 Å². The van der Waals surface area contributed by atoms with Gasteiger partial charge >= 0.3 is 0 Å². The van der Waals surface area contributed by atoms with Crippen molar-refractivity contribution in [3.05, 3.63) is 36.4 Å². The first kappa shape index (κ1) is 10.4. The van der Waals surface area contributed by atoms with Crippen LogP contribution in [0.25, 0.3) is 10.8 Å². The summed E-state index contributed by atoms with van der Waals surface area (Å²) in [5.74, 6) is 0.797. The maximum Gasteiger partial charge on any atom is 0.199 e. The highest BCUT2D eigenvalue weighted by Crippen LogP contribution is 2.26. The van der Waals surface area contributed by atoms with Crippen LogP contribution in [0, 0.1) is 0 Å². The summed E-state index contributed by atoms with van der Waals surface area (Å²) in [6.45, 7) is 0. The Morgan fingerprint density at radius 3 is 2.33 bits per heavy atom. The smallest absolute Gasteiger partial charge is 0.199 e. The van der Waals surface area contributed by atoms with Gasteiger partial charge in [0.2, 0.25) is 0 Å². The molecule has 0 amide bonds.